The smallest absolute Gasteiger partial charge is 0.182 e. The molecule has 0 radical (unpaired) electrons. The topological polar surface area (TPSA) is 22.0 Å². The maximum absolute atomic E-state index is 11.9. The molecule has 0 N–H and O–H groups in total. The number of Topliss-reactive ketones (excluding diaryl/α,β-unsaturated/α-hetero) is 1. The molecule has 0 bridgehead atoms. The van der Waals surface area contributed by atoms with Gasteiger partial charge in [-0.1, -0.05) is 6.08 Å². The van der Waals surface area contributed by atoms with Gasteiger partial charge < -0.3 is 4.57 Å². The average Bonchev–Trinajstić information content (AvgIpc) is 2.60. The Morgan fingerprint density at radius 3 is 2.83 bits per heavy atom. The van der Waals surface area contributed by atoms with Crippen LogP contribution in [0.3, 0.4) is 0 Å². The van der Waals surface area contributed by atoms with Crippen molar-refractivity contribution < 1.29 is 4.79 Å². The van der Waals surface area contributed by atoms with Crippen molar-refractivity contribution in [1.82, 2.24) is 4.57 Å². The minimum atomic E-state index is -0.464. The molecule has 0 aliphatic carbocycles. The second-order valence-corrected chi connectivity index (χ2v) is 6.08. The molecule has 0 aliphatic rings. The summed E-state index contributed by atoms with van der Waals surface area (Å²) < 4.78 is 2.18. The van der Waals surface area contributed by atoms with Crippen LogP contribution in [0.5, 0.6) is 0 Å². The molecule has 0 saturated carbocycles. The lowest BCUT2D eigenvalue weighted by Gasteiger charge is -2.09. The maximum atomic E-state index is 11.9. The van der Waals surface area contributed by atoms with Crippen LogP contribution in [-0.2, 0) is 6.54 Å². The number of aryl methyl sites for hydroxylation is 1. The molecule has 100 valence electrons. The zero-order valence-electron chi connectivity index (χ0n) is 11.2. The zero-order chi connectivity index (χ0) is 13.7. The number of ketones is 1. The summed E-state index contributed by atoms with van der Waals surface area (Å²) in [6, 6.07) is 1.94. The van der Waals surface area contributed by atoms with Gasteiger partial charge in [-0.3, -0.25) is 4.79 Å². The van der Waals surface area contributed by atoms with Gasteiger partial charge in [0.1, 0.15) is 0 Å². The molecule has 0 spiro atoms. The molecule has 1 aromatic heterocycles. The molecule has 1 rings (SSSR count). The van der Waals surface area contributed by atoms with Crippen molar-refractivity contribution >= 4 is 29.1 Å². The molecule has 0 aromatic carbocycles. The van der Waals surface area contributed by atoms with Gasteiger partial charge in [-0.25, -0.2) is 0 Å². The lowest BCUT2D eigenvalue weighted by atomic mass is 10.1. The number of rotatable bonds is 7. The van der Waals surface area contributed by atoms with Gasteiger partial charge in [0.15, 0.2) is 5.78 Å². The standard InChI is InChI=1S/C14H20ClNOS/c1-5-7-18-8-6-16-10(2)9-13(12(16)4)14(17)11(3)15/h5,9,11H,1,6-8H2,2-4H3. The van der Waals surface area contributed by atoms with Gasteiger partial charge in [-0.05, 0) is 26.8 Å². The largest absolute Gasteiger partial charge is 0.348 e. The fourth-order valence-electron chi connectivity index (χ4n) is 1.93. The molecule has 0 saturated heterocycles. The van der Waals surface area contributed by atoms with E-state index in [1.807, 2.05) is 37.8 Å². The molecule has 18 heavy (non-hydrogen) atoms. The molecule has 1 heterocycles. The minimum absolute atomic E-state index is 0.00904. The first-order valence-electron chi connectivity index (χ1n) is 6.02. The van der Waals surface area contributed by atoms with Crippen molar-refractivity contribution in [1.29, 1.82) is 0 Å². The number of hydrogen-bond acceptors (Lipinski definition) is 2. The molecule has 1 atom stereocenters. The van der Waals surface area contributed by atoms with Crippen LogP contribution in [0.15, 0.2) is 18.7 Å². The molecular formula is C14H20ClNOS. The van der Waals surface area contributed by atoms with E-state index in [1.165, 1.54) is 0 Å². The third kappa shape index (κ3) is 3.66. The molecule has 1 unspecified atom stereocenters. The Bertz CT molecular complexity index is 437. The van der Waals surface area contributed by atoms with Crippen LogP contribution >= 0.6 is 23.4 Å². The van der Waals surface area contributed by atoms with Crippen LogP contribution in [0, 0.1) is 13.8 Å². The number of hydrogen-bond donors (Lipinski definition) is 0. The third-order valence-corrected chi connectivity index (χ3v) is 4.04. The lowest BCUT2D eigenvalue weighted by molar-refractivity contribution is 0.0991. The van der Waals surface area contributed by atoms with Gasteiger partial charge in [0.25, 0.3) is 0 Å². The molecule has 0 aliphatic heterocycles. The fraction of sp³-hybridized carbons (Fsp3) is 0.500. The van der Waals surface area contributed by atoms with Gasteiger partial charge in [-0.15, -0.1) is 18.2 Å². The van der Waals surface area contributed by atoms with E-state index in [1.54, 1.807) is 6.92 Å². The summed E-state index contributed by atoms with van der Waals surface area (Å²) >= 11 is 7.71. The number of aromatic nitrogens is 1. The van der Waals surface area contributed by atoms with Crippen LogP contribution in [0.2, 0.25) is 0 Å². The van der Waals surface area contributed by atoms with Gasteiger partial charge >= 0.3 is 0 Å². The Kier molecular flexibility index (Phi) is 6.03. The van der Waals surface area contributed by atoms with Crippen LogP contribution < -0.4 is 0 Å². The van der Waals surface area contributed by atoms with Crippen molar-refractivity contribution in [3.05, 3.63) is 35.7 Å². The van der Waals surface area contributed by atoms with Crippen molar-refractivity contribution in [2.75, 3.05) is 11.5 Å². The fourth-order valence-corrected chi connectivity index (χ4v) is 2.69. The third-order valence-electron chi connectivity index (χ3n) is 2.90. The van der Waals surface area contributed by atoms with E-state index in [0.717, 1.165) is 35.0 Å². The molecule has 1 aromatic rings. The van der Waals surface area contributed by atoms with Crippen molar-refractivity contribution in [3.8, 4) is 0 Å². The summed E-state index contributed by atoms with van der Waals surface area (Å²) in [5, 5.41) is -0.464. The highest BCUT2D eigenvalue weighted by Crippen LogP contribution is 2.19. The van der Waals surface area contributed by atoms with Gasteiger partial charge in [0.2, 0.25) is 0 Å². The predicted molar refractivity (Wildman–Crippen MR) is 81.1 cm³/mol. The predicted octanol–water partition coefficient (Wildman–Crippen LogP) is 3.83. The molecule has 2 nitrogen and oxygen atoms in total. The molecule has 0 amide bonds. The summed E-state index contributed by atoms with van der Waals surface area (Å²) in [7, 11) is 0. The minimum Gasteiger partial charge on any atom is -0.348 e. The highest BCUT2D eigenvalue weighted by atomic mass is 35.5. The van der Waals surface area contributed by atoms with E-state index in [9.17, 15) is 4.79 Å². The maximum Gasteiger partial charge on any atom is 0.182 e. The average molecular weight is 286 g/mol. The first-order chi connectivity index (χ1) is 8.49. The zero-order valence-corrected chi connectivity index (χ0v) is 12.8. The Morgan fingerprint density at radius 1 is 1.61 bits per heavy atom. The number of nitrogens with zero attached hydrogens (tertiary/aromatic N) is 1. The highest BCUT2D eigenvalue weighted by molar-refractivity contribution is 7.99. The van der Waals surface area contributed by atoms with Gasteiger partial charge in [-0.2, -0.15) is 11.8 Å². The van der Waals surface area contributed by atoms with Crippen molar-refractivity contribution in [3.63, 3.8) is 0 Å². The number of carbonyl (C=O) groups is 1. The molecule has 4 heteroatoms. The van der Waals surface area contributed by atoms with Crippen molar-refractivity contribution in [2.45, 2.75) is 32.7 Å². The summed E-state index contributed by atoms with van der Waals surface area (Å²) in [5.41, 5.74) is 2.89. The number of carbonyl (C=O) groups excluding carboxylic acids is 1. The van der Waals surface area contributed by atoms with Crippen molar-refractivity contribution in [2.24, 2.45) is 0 Å². The van der Waals surface area contributed by atoms with E-state index in [2.05, 4.69) is 11.1 Å². The van der Waals surface area contributed by atoms with E-state index in [-0.39, 0.29) is 5.78 Å². The first-order valence-corrected chi connectivity index (χ1v) is 7.61. The molecule has 0 fully saturated rings. The van der Waals surface area contributed by atoms with Crippen LogP contribution in [0.4, 0.5) is 0 Å². The van der Waals surface area contributed by atoms with Crippen LogP contribution in [0.25, 0.3) is 0 Å². The monoisotopic (exact) mass is 285 g/mol. The Morgan fingerprint density at radius 2 is 2.28 bits per heavy atom. The Balaban J connectivity index is 2.81. The van der Waals surface area contributed by atoms with Gasteiger partial charge in [0, 0.05) is 35.0 Å². The van der Waals surface area contributed by atoms with Gasteiger partial charge in [0.05, 0.1) is 5.38 Å². The van der Waals surface area contributed by atoms with Crippen LogP contribution in [-0.4, -0.2) is 27.2 Å². The van der Waals surface area contributed by atoms with E-state index < -0.39 is 5.38 Å². The second-order valence-electron chi connectivity index (χ2n) is 4.28. The summed E-state index contributed by atoms with van der Waals surface area (Å²) in [4.78, 5) is 11.9. The summed E-state index contributed by atoms with van der Waals surface area (Å²) in [6.45, 7) is 10.3. The Hall–Kier alpha value is -0.670. The number of alkyl halides is 1. The quantitative estimate of drug-likeness (QED) is 0.329. The Labute approximate surface area is 118 Å². The first kappa shape index (κ1) is 15.4. The summed E-state index contributed by atoms with van der Waals surface area (Å²) in [6.07, 6.45) is 1.91. The lowest BCUT2D eigenvalue weighted by Crippen LogP contribution is -2.12. The number of halogens is 1. The SMILES string of the molecule is C=CCSCCn1c(C)cc(C(=O)C(C)Cl)c1C. The normalized spacial score (nSPS) is 12.4. The van der Waals surface area contributed by atoms with E-state index >= 15 is 0 Å². The van der Waals surface area contributed by atoms with Crippen LogP contribution in [0.1, 0.15) is 28.7 Å². The highest BCUT2D eigenvalue weighted by Gasteiger charge is 2.18. The molecular weight excluding hydrogens is 266 g/mol. The number of thioether (sulfide) groups is 1. The van der Waals surface area contributed by atoms with E-state index in [0.29, 0.717) is 0 Å². The second kappa shape index (κ2) is 7.05. The van der Waals surface area contributed by atoms with E-state index in [4.69, 9.17) is 11.6 Å². The summed E-state index contributed by atoms with van der Waals surface area (Å²) in [5.74, 6) is 1.99.